The van der Waals surface area contributed by atoms with Crippen molar-refractivity contribution in [3.05, 3.63) is 23.3 Å². The predicted molar refractivity (Wildman–Crippen MR) is 106 cm³/mol. The number of rotatable bonds is 4. The lowest BCUT2D eigenvalue weighted by atomic mass is 9.92. The summed E-state index contributed by atoms with van der Waals surface area (Å²) in [6.07, 6.45) is 9.16. The number of hydrogen-bond donors (Lipinski definition) is 0. The molecule has 0 N–H and O–H groups in total. The molecule has 5 heteroatoms. The Labute approximate surface area is 158 Å². The molecule has 0 atom stereocenters. The SMILES string of the molecule is Cl.Cl.c1c(OCCN2CCCCC2)cc2c3c1CCCN3CCC2. The highest BCUT2D eigenvalue weighted by atomic mass is 35.5. The van der Waals surface area contributed by atoms with E-state index in [4.69, 9.17) is 4.74 Å². The van der Waals surface area contributed by atoms with Crippen molar-refractivity contribution >= 4 is 30.5 Å². The van der Waals surface area contributed by atoms with E-state index in [-0.39, 0.29) is 24.8 Å². The van der Waals surface area contributed by atoms with Crippen LogP contribution in [0.2, 0.25) is 0 Å². The predicted octanol–water partition coefficient (Wildman–Crippen LogP) is 4.09. The van der Waals surface area contributed by atoms with Gasteiger partial charge in [0.1, 0.15) is 12.4 Å². The number of halogens is 2. The molecule has 1 fully saturated rings. The quantitative estimate of drug-likeness (QED) is 0.791. The van der Waals surface area contributed by atoms with Gasteiger partial charge in [-0.2, -0.15) is 0 Å². The molecule has 0 saturated carbocycles. The molecule has 24 heavy (non-hydrogen) atoms. The topological polar surface area (TPSA) is 15.7 Å². The van der Waals surface area contributed by atoms with E-state index in [2.05, 4.69) is 21.9 Å². The maximum Gasteiger partial charge on any atom is 0.120 e. The minimum absolute atomic E-state index is 0. The van der Waals surface area contributed by atoms with Gasteiger partial charge >= 0.3 is 0 Å². The van der Waals surface area contributed by atoms with Gasteiger partial charge in [0.15, 0.2) is 0 Å². The van der Waals surface area contributed by atoms with Gasteiger partial charge in [-0.15, -0.1) is 24.8 Å². The van der Waals surface area contributed by atoms with E-state index < -0.39 is 0 Å². The fraction of sp³-hybridized carbons (Fsp3) is 0.684. The van der Waals surface area contributed by atoms with Crippen LogP contribution in [0.25, 0.3) is 0 Å². The van der Waals surface area contributed by atoms with E-state index in [1.165, 1.54) is 82.3 Å². The lowest BCUT2D eigenvalue weighted by Gasteiger charge is -2.37. The first-order chi connectivity index (χ1) is 10.9. The number of benzene rings is 1. The number of piperidine rings is 1. The summed E-state index contributed by atoms with van der Waals surface area (Å²) in [4.78, 5) is 5.14. The van der Waals surface area contributed by atoms with Crippen molar-refractivity contribution in [1.29, 1.82) is 0 Å². The standard InChI is InChI=1S/C19H28N2O.2ClH/c1-2-8-20(9-3-1)12-13-22-18-14-16-6-4-10-21-11-5-7-17(15-18)19(16)21;;/h14-15H,1-13H2;2*1H. The zero-order valence-corrected chi connectivity index (χ0v) is 16.1. The third kappa shape index (κ3) is 4.30. The van der Waals surface area contributed by atoms with Gasteiger partial charge in [0.2, 0.25) is 0 Å². The first kappa shape index (κ1) is 19.7. The van der Waals surface area contributed by atoms with Crippen LogP contribution in [0, 0.1) is 0 Å². The summed E-state index contributed by atoms with van der Waals surface area (Å²) in [5, 5.41) is 0. The number of aryl methyl sites for hydroxylation is 2. The Balaban J connectivity index is 0.00000104. The second-order valence-electron chi connectivity index (χ2n) is 7.04. The monoisotopic (exact) mass is 372 g/mol. The largest absolute Gasteiger partial charge is 0.492 e. The van der Waals surface area contributed by atoms with Crippen molar-refractivity contribution in [3.8, 4) is 5.75 Å². The minimum Gasteiger partial charge on any atom is -0.492 e. The molecule has 0 aliphatic carbocycles. The Morgan fingerprint density at radius 3 is 2.04 bits per heavy atom. The Morgan fingerprint density at radius 1 is 0.792 bits per heavy atom. The normalized spacial score (nSPS) is 19.8. The van der Waals surface area contributed by atoms with Crippen molar-refractivity contribution in [1.82, 2.24) is 4.90 Å². The molecule has 3 aliphatic rings. The molecular weight excluding hydrogens is 343 g/mol. The number of hydrogen-bond acceptors (Lipinski definition) is 3. The Kier molecular flexibility index (Phi) is 7.52. The fourth-order valence-corrected chi connectivity index (χ4v) is 4.33. The molecule has 0 amide bonds. The lowest BCUT2D eigenvalue weighted by Crippen LogP contribution is -2.34. The van der Waals surface area contributed by atoms with Crippen LogP contribution in [-0.4, -0.2) is 44.2 Å². The first-order valence-electron chi connectivity index (χ1n) is 9.16. The van der Waals surface area contributed by atoms with Crippen LogP contribution in [0.5, 0.6) is 5.75 Å². The van der Waals surface area contributed by atoms with E-state index in [9.17, 15) is 0 Å². The average Bonchev–Trinajstić information content (AvgIpc) is 2.56. The van der Waals surface area contributed by atoms with Crippen molar-refractivity contribution in [2.24, 2.45) is 0 Å². The van der Waals surface area contributed by atoms with Gasteiger partial charge < -0.3 is 9.64 Å². The van der Waals surface area contributed by atoms with E-state index in [0.29, 0.717) is 0 Å². The third-order valence-corrected chi connectivity index (χ3v) is 5.43. The van der Waals surface area contributed by atoms with Gasteiger partial charge in [-0.25, -0.2) is 0 Å². The second kappa shape index (κ2) is 9.17. The molecule has 136 valence electrons. The van der Waals surface area contributed by atoms with Crippen molar-refractivity contribution in [3.63, 3.8) is 0 Å². The van der Waals surface area contributed by atoms with Gasteiger partial charge in [0, 0.05) is 25.3 Å². The molecule has 3 aliphatic heterocycles. The molecule has 0 unspecified atom stereocenters. The number of nitrogens with zero attached hydrogens (tertiary/aromatic N) is 2. The van der Waals surface area contributed by atoms with Gasteiger partial charge in [-0.3, -0.25) is 4.90 Å². The molecule has 0 bridgehead atoms. The van der Waals surface area contributed by atoms with Crippen LogP contribution in [0.15, 0.2) is 12.1 Å². The molecule has 0 radical (unpaired) electrons. The van der Waals surface area contributed by atoms with Crippen molar-refractivity contribution < 1.29 is 4.74 Å². The van der Waals surface area contributed by atoms with Crippen LogP contribution in [-0.2, 0) is 12.8 Å². The van der Waals surface area contributed by atoms with Crippen molar-refractivity contribution in [2.75, 3.05) is 44.2 Å². The van der Waals surface area contributed by atoms with Crippen LogP contribution in [0.4, 0.5) is 5.69 Å². The Morgan fingerprint density at radius 2 is 1.42 bits per heavy atom. The van der Waals surface area contributed by atoms with Gasteiger partial charge in [0.25, 0.3) is 0 Å². The number of likely N-dealkylation sites (tertiary alicyclic amines) is 1. The summed E-state index contributed by atoms with van der Waals surface area (Å²) in [6.45, 7) is 6.92. The summed E-state index contributed by atoms with van der Waals surface area (Å²) in [5.41, 5.74) is 4.59. The first-order valence-corrected chi connectivity index (χ1v) is 9.16. The van der Waals surface area contributed by atoms with E-state index >= 15 is 0 Å². The molecule has 3 nitrogen and oxygen atoms in total. The summed E-state index contributed by atoms with van der Waals surface area (Å²) in [5.74, 6) is 1.11. The smallest absolute Gasteiger partial charge is 0.120 e. The Hall–Kier alpha value is -0.640. The zero-order chi connectivity index (χ0) is 14.8. The Bertz CT molecular complexity index is 501. The van der Waals surface area contributed by atoms with Gasteiger partial charge in [-0.1, -0.05) is 6.42 Å². The molecule has 1 saturated heterocycles. The highest BCUT2D eigenvalue weighted by Gasteiger charge is 2.24. The van der Waals surface area contributed by atoms with Crippen LogP contribution < -0.4 is 9.64 Å². The van der Waals surface area contributed by atoms with E-state index in [1.54, 1.807) is 5.69 Å². The van der Waals surface area contributed by atoms with E-state index in [0.717, 1.165) is 18.9 Å². The average molecular weight is 373 g/mol. The highest BCUT2D eigenvalue weighted by Crippen LogP contribution is 2.37. The van der Waals surface area contributed by atoms with Gasteiger partial charge in [-0.05, 0) is 74.9 Å². The molecule has 4 rings (SSSR count). The summed E-state index contributed by atoms with van der Waals surface area (Å²) >= 11 is 0. The summed E-state index contributed by atoms with van der Waals surface area (Å²) in [7, 11) is 0. The molecule has 0 spiro atoms. The maximum absolute atomic E-state index is 6.12. The second-order valence-corrected chi connectivity index (χ2v) is 7.04. The fourth-order valence-electron chi connectivity index (χ4n) is 4.33. The molecule has 1 aromatic carbocycles. The molecule has 3 heterocycles. The number of ether oxygens (including phenoxy) is 1. The lowest BCUT2D eigenvalue weighted by molar-refractivity contribution is 0.183. The minimum atomic E-state index is 0. The highest BCUT2D eigenvalue weighted by molar-refractivity contribution is 5.85. The summed E-state index contributed by atoms with van der Waals surface area (Å²) < 4.78 is 6.12. The number of anilines is 1. The van der Waals surface area contributed by atoms with E-state index in [1.807, 2.05) is 0 Å². The van der Waals surface area contributed by atoms with Crippen LogP contribution >= 0.6 is 24.8 Å². The zero-order valence-electron chi connectivity index (χ0n) is 14.5. The molecule has 1 aromatic rings. The van der Waals surface area contributed by atoms with Crippen LogP contribution in [0.3, 0.4) is 0 Å². The summed E-state index contributed by atoms with van der Waals surface area (Å²) in [6, 6.07) is 4.62. The molecule has 0 aromatic heterocycles. The van der Waals surface area contributed by atoms with Crippen LogP contribution in [0.1, 0.15) is 43.2 Å². The maximum atomic E-state index is 6.12. The van der Waals surface area contributed by atoms with Gasteiger partial charge in [0.05, 0.1) is 0 Å². The van der Waals surface area contributed by atoms with Crippen molar-refractivity contribution in [2.45, 2.75) is 44.9 Å². The molecular formula is C19H30Cl2N2O. The third-order valence-electron chi connectivity index (χ3n) is 5.43.